The smallest absolute Gasteiger partial charge is 0.211 e. The van der Waals surface area contributed by atoms with Crippen LogP contribution >= 0.6 is 0 Å². The van der Waals surface area contributed by atoms with Crippen LogP contribution in [0.1, 0.15) is 22.8 Å². The second-order valence-electron chi connectivity index (χ2n) is 3.85. The van der Waals surface area contributed by atoms with Gasteiger partial charge in [-0.25, -0.2) is 13.1 Å². The highest BCUT2D eigenvalue weighted by molar-refractivity contribution is 7.89. The molecule has 0 radical (unpaired) electrons. The van der Waals surface area contributed by atoms with Crippen molar-refractivity contribution >= 4 is 15.8 Å². The zero-order valence-electron chi connectivity index (χ0n) is 10.7. The number of sulfonamides is 1. The molecule has 0 amide bonds. The average Bonchev–Trinajstić information content (AvgIpc) is 2.36. The molecule has 0 aliphatic rings. The molecule has 5 nitrogen and oxygen atoms in total. The number of aryl methyl sites for hydroxylation is 1. The van der Waals surface area contributed by atoms with Gasteiger partial charge in [0.1, 0.15) is 5.75 Å². The maximum absolute atomic E-state index is 11.9. The number of hydrogen-bond donors (Lipinski definition) is 1. The molecule has 0 spiro atoms. The van der Waals surface area contributed by atoms with E-state index in [0.29, 0.717) is 11.3 Å². The molecule has 1 aromatic rings. The fourth-order valence-electron chi connectivity index (χ4n) is 1.41. The Morgan fingerprint density at radius 1 is 1.39 bits per heavy atom. The summed E-state index contributed by atoms with van der Waals surface area (Å²) in [5.41, 5.74) is 1.30. The van der Waals surface area contributed by atoms with Crippen LogP contribution in [0.4, 0.5) is 0 Å². The van der Waals surface area contributed by atoms with Crippen LogP contribution in [0.25, 0.3) is 0 Å². The van der Waals surface area contributed by atoms with Gasteiger partial charge < -0.3 is 4.74 Å². The molecule has 1 N–H and O–H groups in total. The van der Waals surface area contributed by atoms with E-state index in [-0.39, 0.29) is 18.1 Å². The Bertz CT molecular complexity index is 537. The van der Waals surface area contributed by atoms with E-state index in [1.54, 1.807) is 12.1 Å². The topological polar surface area (TPSA) is 72.5 Å². The minimum Gasteiger partial charge on any atom is -0.496 e. The van der Waals surface area contributed by atoms with Crippen LogP contribution in [0.2, 0.25) is 0 Å². The quantitative estimate of drug-likeness (QED) is 0.787. The second-order valence-corrected chi connectivity index (χ2v) is 5.95. The van der Waals surface area contributed by atoms with Crippen LogP contribution < -0.4 is 9.46 Å². The Morgan fingerprint density at radius 3 is 2.61 bits per heavy atom. The highest BCUT2D eigenvalue weighted by atomic mass is 32.2. The lowest BCUT2D eigenvalue weighted by Crippen LogP contribution is -2.31. The van der Waals surface area contributed by atoms with Gasteiger partial charge in [0.05, 0.1) is 25.0 Å². The van der Waals surface area contributed by atoms with Gasteiger partial charge in [0, 0.05) is 0 Å². The molecule has 6 heteroatoms. The van der Waals surface area contributed by atoms with Gasteiger partial charge in [0.2, 0.25) is 10.0 Å². The van der Waals surface area contributed by atoms with E-state index >= 15 is 0 Å². The standard InChI is InChI=1S/C12H17NO4S/c1-4-18(15,16)13-8-11(14)10-7-9(2)5-6-12(10)17-3/h5-7,13H,4,8H2,1-3H3. The number of methoxy groups -OCH3 is 1. The molecular weight excluding hydrogens is 254 g/mol. The number of carbonyl (C=O) groups is 1. The van der Waals surface area contributed by atoms with Gasteiger partial charge in [-0.15, -0.1) is 0 Å². The summed E-state index contributed by atoms with van der Waals surface area (Å²) in [7, 11) is -1.89. The molecule has 0 atom stereocenters. The van der Waals surface area contributed by atoms with Crippen LogP contribution in [-0.4, -0.2) is 33.6 Å². The van der Waals surface area contributed by atoms with Crippen LogP contribution in [-0.2, 0) is 10.0 Å². The van der Waals surface area contributed by atoms with Crippen LogP contribution in [0, 0.1) is 6.92 Å². The van der Waals surface area contributed by atoms with Crippen molar-refractivity contribution in [1.29, 1.82) is 0 Å². The summed E-state index contributed by atoms with van der Waals surface area (Å²) in [6, 6.07) is 5.20. The van der Waals surface area contributed by atoms with Gasteiger partial charge in [-0.2, -0.15) is 0 Å². The fourth-order valence-corrected chi connectivity index (χ4v) is 1.97. The molecule has 0 aromatic heterocycles. The van der Waals surface area contributed by atoms with Crippen molar-refractivity contribution in [3.05, 3.63) is 29.3 Å². The highest BCUT2D eigenvalue weighted by Gasteiger charge is 2.15. The van der Waals surface area contributed by atoms with Gasteiger partial charge in [0.15, 0.2) is 5.78 Å². The molecule has 0 bridgehead atoms. The lowest BCUT2D eigenvalue weighted by molar-refractivity contribution is 0.0994. The third kappa shape index (κ3) is 3.82. The number of ketones is 1. The summed E-state index contributed by atoms with van der Waals surface area (Å²) < 4.78 is 29.9. The van der Waals surface area contributed by atoms with E-state index in [1.807, 2.05) is 13.0 Å². The molecular formula is C12H17NO4S. The summed E-state index contributed by atoms with van der Waals surface area (Å²) in [5, 5.41) is 0. The molecule has 0 saturated carbocycles. The predicted molar refractivity (Wildman–Crippen MR) is 69.5 cm³/mol. The van der Waals surface area contributed by atoms with E-state index in [1.165, 1.54) is 14.0 Å². The third-order valence-corrected chi connectivity index (χ3v) is 3.83. The normalized spacial score (nSPS) is 11.3. The summed E-state index contributed by atoms with van der Waals surface area (Å²) in [6.07, 6.45) is 0. The van der Waals surface area contributed by atoms with Gasteiger partial charge >= 0.3 is 0 Å². The van der Waals surface area contributed by atoms with Crippen molar-refractivity contribution in [2.75, 3.05) is 19.4 Å². The maximum Gasteiger partial charge on any atom is 0.211 e. The first kappa shape index (κ1) is 14.7. The van der Waals surface area contributed by atoms with E-state index in [2.05, 4.69) is 4.72 Å². The van der Waals surface area contributed by atoms with Crippen molar-refractivity contribution in [1.82, 2.24) is 4.72 Å². The van der Waals surface area contributed by atoms with Gasteiger partial charge in [-0.1, -0.05) is 11.6 Å². The minimum absolute atomic E-state index is 0.0504. The first-order valence-corrected chi connectivity index (χ1v) is 7.20. The van der Waals surface area contributed by atoms with Crippen LogP contribution in [0.15, 0.2) is 18.2 Å². The first-order chi connectivity index (χ1) is 8.39. The molecule has 0 fully saturated rings. The Morgan fingerprint density at radius 2 is 2.06 bits per heavy atom. The molecule has 18 heavy (non-hydrogen) atoms. The van der Waals surface area contributed by atoms with E-state index in [4.69, 9.17) is 4.74 Å². The molecule has 1 rings (SSSR count). The van der Waals surface area contributed by atoms with E-state index in [9.17, 15) is 13.2 Å². The summed E-state index contributed by atoms with van der Waals surface area (Å²) >= 11 is 0. The Hall–Kier alpha value is -1.40. The number of hydrogen-bond acceptors (Lipinski definition) is 4. The number of Topliss-reactive ketones (excluding diaryl/α,β-unsaturated/α-hetero) is 1. The van der Waals surface area contributed by atoms with E-state index < -0.39 is 10.0 Å². The molecule has 1 aromatic carbocycles. The van der Waals surface area contributed by atoms with Crippen molar-refractivity contribution in [3.63, 3.8) is 0 Å². The number of nitrogens with one attached hydrogen (secondary N) is 1. The molecule has 0 saturated heterocycles. The van der Waals surface area contributed by atoms with Crippen LogP contribution in [0.3, 0.4) is 0 Å². The van der Waals surface area contributed by atoms with Crippen LogP contribution in [0.5, 0.6) is 5.75 Å². The Labute approximate surface area is 107 Å². The maximum atomic E-state index is 11.9. The molecule has 100 valence electrons. The Balaban J connectivity index is 2.87. The highest BCUT2D eigenvalue weighted by Crippen LogP contribution is 2.19. The number of carbonyl (C=O) groups excluding carboxylic acids is 1. The number of benzene rings is 1. The molecule has 0 aliphatic heterocycles. The third-order valence-electron chi connectivity index (χ3n) is 2.49. The summed E-state index contributed by atoms with van der Waals surface area (Å²) in [4.78, 5) is 11.9. The zero-order valence-corrected chi connectivity index (χ0v) is 11.5. The fraction of sp³-hybridized carbons (Fsp3) is 0.417. The summed E-state index contributed by atoms with van der Waals surface area (Å²) in [6.45, 7) is 3.11. The monoisotopic (exact) mass is 271 g/mol. The number of ether oxygens (including phenoxy) is 1. The lowest BCUT2D eigenvalue weighted by atomic mass is 10.1. The largest absolute Gasteiger partial charge is 0.496 e. The minimum atomic E-state index is -3.36. The second kappa shape index (κ2) is 5.97. The predicted octanol–water partition coefficient (Wildman–Crippen LogP) is 1.13. The molecule has 0 aliphatic carbocycles. The first-order valence-electron chi connectivity index (χ1n) is 5.54. The van der Waals surface area contributed by atoms with Crippen molar-refractivity contribution in [3.8, 4) is 5.75 Å². The van der Waals surface area contributed by atoms with Gasteiger partial charge in [-0.3, -0.25) is 4.79 Å². The number of rotatable bonds is 6. The van der Waals surface area contributed by atoms with Crippen molar-refractivity contribution in [2.24, 2.45) is 0 Å². The van der Waals surface area contributed by atoms with Gasteiger partial charge in [0.25, 0.3) is 0 Å². The molecule has 0 heterocycles. The Kier molecular flexibility index (Phi) is 4.86. The lowest BCUT2D eigenvalue weighted by Gasteiger charge is -2.09. The van der Waals surface area contributed by atoms with Crippen molar-refractivity contribution in [2.45, 2.75) is 13.8 Å². The SMILES string of the molecule is CCS(=O)(=O)NCC(=O)c1cc(C)ccc1OC. The van der Waals surface area contributed by atoms with Gasteiger partial charge in [-0.05, 0) is 26.0 Å². The molecule has 0 unspecified atom stereocenters. The average molecular weight is 271 g/mol. The zero-order chi connectivity index (χ0) is 13.8. The van der Waals surface area contributed by atoms with Crippen molar-refractivity contribution < 1.29 is 17.9 Å². The summed E-state index contributed by atoms with van der Waals surface area (Å²) in [5.74, 6) is 0.0828. The van der Waals surface area contributed by atoms with E-state index in [0.717, 1.165) is 5.56 Å².